The van der Waals surface area contributed by atoms with Gasteiger partial charge >= 0.3 is 0 Å². The van der Waals surface area contributed by atoms with Crippen LogP contribution in [0.3, 0.4) is 0 Å². The molecule has 2 amide bonds. The van der Waals surface area contributed by atoms with Gasteiger partial charge in [-0.25, -0.2) is 0 Å². The first-order chi connectivity index (χ1) is 15.8. The van der Waals surface area contributed by atoms with Crippen LogP contribution in [0.1, 0.15) is 46.5 Å². The molecule has 0 spiro atoms. The number of benzene rings is 3. The van der Waals surface area contributed by atoms with Crippen molar-refractivity contribution in [3.05, 3.63) is 99.5 Å². The quantitative estimate of drug-likeness (QED) is 0.471. The number of amides is 2. The van der Waals surface area contributed by atoms with Gasteiger partial charge in [-0.05, 0) is 74.7 Å². The van der Waals surface area contributed by atoms with Crippen LogP contribution in [-0.2, 0) is 11.3 Å². The number of nitrogens with one attached hydrogen (secondary N) is 1. The highest BCUT2D eigenvalue weighted by Crippen LogP contribution is 2.42. The van der Waals surface area contributed by atoms with Crippen LogP contribution < -0.4 is 10.2 Å². The number of anilines is 1. The number of rotatable bonds is 5. The highest BCUT2D eigenvalue weighted by Gasteiger charge is 2.29. The Bertz CT molecular complexity index is 1230. The van der Waals surface area contributed by atoms with Crippen LogP contribution in [-0.4, -0.2) is 17.9 Å². The first kappa shape index (κ1) is 22.9. The zero-order valence-electron chi connectivity index (χ0n) is 19.4. The lowest BCUT2D eigenvalue weighted by atomic mass is 10.0. The van der Waals surface area contributed by atoms with E-state index in [1.165, 1.54) is 22.9 Å². The SMILES string of the molecule is Cc1ccc(C)c(CN2C(=O)C(=Cc3ccc(C(=O)NC(C)C)cc3)Sc3ccccc32)c1. The third kappa shape index (κ3) is 5.20. The molecule has 0 fully saturated rings. The summed E-state index contributed by atoms with van der Waals surface area (Å²) in [7, 11) is 0. The second-order valence-electron chi connectivity index (χ2n) is 8.65. The van der Waals surface area contributed by atoms with Crippen LogP contribution >= 0.6 is 11.8 Å². The number of thioether (sulfide) groups is 1. The molecule has 1 aliphatic heterocycles. The van der Waals surface area contributed by atoms with Gasteiger partial charge in [-0.2, -0.15) is 0 Å². The van der Waals surface area contributed by atoms with E-state index in [1.54, 1.807) is 12.1 Å². The molecule has 33 heavy (non-hydrogen) atoms. The number of hydrogen-bond acceptors (Lipinski definition) is 3. The summed E-state index contributed by atoms with van der Waals surface area (Å²) in [5.41, 5.74) is 5.93. The maximum absolute atomic E-state index is 13.6. The van der Waals surface area contributed by atoms with E-state index in [1.807, 2.05) is 55.2 Å². The number of hydrogen-bond donors (Lipinski definition) is 1. The second-order valence-corrected chi connectivity index (χ2v) is 9.73. The minimum atomic E-state index is -0.0963. The Morgan fingerprint density at radius 2 is 1.76 bits per heavy atom. The van der Waals surface area contributed by atoms with Crippen LogP contribution in [0.5, 0.6) is 0 Å². The monoisotopic (exact) mass is 456 g/mol. The van der Waals surface area contributed by atoms with Crippen LogP contribution in [0, 0.1) is 13.8 Å². The van der Waals surface area contributed by atoms with Gasteiger partial charge in [0.2, 0.25) is 0 Å². The van der Waals surface area contributed by atoms with Crippen LogP contribution in [0.25, 0.3) is 6.08 Å². The molecule has 0 bridgehead atoms. The molecule has 0 radical (unpaired) electrons. The molecule has 0 aromatic heterocycles. The van der Waals surface area contributed by atoms with Crippen molar-refractivity contribution in [2.75, 3.05) is 4.90 Å². The summed E-state index contributed by atoms with van der Waals surface area (Å²) in [6, 6.07) is 21.8. The Hall–Kier alpha value is -3.31. The lowest BCUT2D eigenvalue weighted by Gasteiger charge is -2.31. The van der Waals surface area contributed by atoms with Crippen molar-refractivity contribution in [3.63, 3.8) is 0 Å². The number of carbonyl (C=O) groups is 2. The number of nitrogens with zero attached hydrogens (tertiary/aromatic N) is 1. The standard InChI is InChI=1S/C28H28N2O2S/c1-18(2)29-27(31)22-13-11-21(12-14-22)16-26-28(32)30(24-7-5-6-8-25(24)33-26)17-23-15-19(3)9-10-20(23)4/h5-16,18H,17H2,1-4H3,(H,29,31). The van der Waals surface area contributed by atoms with Crippen molar-refractivity contribution in [3.8, 4) is 0 Å². The molecule has 4 rings (SSSR count). The molecule has 168 valence electrons. The fourth-order valence-electron chi connectivity index (χ4n) is 3.79. The van der Waals surface area contributed by atoms with E-state index in [0.717, 1.165) is 21.7 Å². The van der Waals surface area contributed by atoms with E-state index in [9.17, 15) is 9.59 Å². The third-order valence-electron chi connectivity index (χ3n) is 5.56. The van der Waals surface area contributed by atoms with Gasteiger partial charge in [0.1, 0.15) is 0 Å². The van der Waals surface area contributed by atoms with Crippen molar-refractivity contribution in [1.82, 2.24) is 5.32 Å². The normalized spacial score (nSPS) is 14.5. The van der Waals surface area contributed by atoms with Crippen molar-refractivity contribution in [2.24, 2.45) is 0 Å². The van der Waals surface area contributed by atoms with E-state index >= 15 is 0 Å². The zero-order chi connectivity index (χ0) is 23.5. The summed E-state index contributed by atoms with van der Waals surface area (Å²) in [5.74, 6) is -0.109. The molecular weight excluding hydrogens is 428 g/mol. The first-order valence-electron chi connectivity index (χ1n) is 11.1. The van der Waals surface area contributed by atoms with Crippen molar-refractivity contribution >= 4 is 35.3 Å². The Morgan fingerprint density at radius 3 is 2.48 bits per heavy atom. The molecule has 0 saturated carbocycles. The highest BCUT2D eigenvalue weighted by atomic mass is 32.2. The van der Waals surface area contributed by atoms with Crippen molar-refractivity contribution in [2.45, 2.75) is 45.2 Å². The maximum Gasteiger partial charge on any atom is 0.265 e. The first-order valence-corrected chi connectivity index (χ1v) is 11.9. The predicted molar refractivity (Wildman–Crippen MR) is 136 cm³/mol. The topological polar surface area (TPSA) is 49.4 Å². The lowest BCUT2D eigenvalue weighted by molar-refractivity contribution is -0.114. The fraction of sp³-hybridized carbons (Fsp3) is 0.214. The molecular formula is C28H28N2O2S. The summed E-state index contributed by atoms with van der Waals surface area (Å²) in [4.78, 5) is 29.4. The van der Waals surface area contributed by atoms with Gasteiger partial charge in [0, 0.05) is 16.5 Å². The second kappa shape index (κ2) is 9.67. The van der Waals surface area contributed by atoms with E-state index < -0.39 is 0 Å². The van der Waals surface area contributed by atoms with Crippen LogP contribution in [0.4, 0.5) is 5.69 Å². The fourth-order valence-corrected chi connectivity index (χ4v) is 4.85. The lowest BCUT2D eigenvalue weighted by Crippen LogP contribution is -2.34. The maximum atomic E-state index is 13.6. The van der Waals surface area contributed by atoms with Gasteiger partial charge in [-0.3, -0.25) is 9.59 Å². The van der Waals surface area contributed by atoms with Gasteiger partial charge in [-0.15, -0.1) is 0 Å². The van der Waals surface area contributed by atoms with E-state index in [0.29, 0.717) is 17.0 Å². The molecule has 1 N–H and O–H groups in total. The van der Waals surface area contributed by atoms with Gasteiger partial charge < -0.3 is 10.2 Å². The molecule has 4 nitrogen and oxygen atoms in total. The summed E-state index contributed by atoms with van der Waals surface area (Å²) in [6.07, 6.45) is 1.91. The highest BCUT2D eigenvalue weighted by molar-refractivity contribution is 8.04. The molecule has 1 heterocycles. The average molecular weight is 457 g/mol. The largest absolute Gasteiger partial charge is 0.350 e. The van der Waals surface area contributed by atoms with Crippen LogP contribution in [0.15, 0.2) is 76.5 Å². The van der Waals surface area contributed by atoms with Crippen molar-refractivity contribution in [1.29, 1.82) is 0 Å². The molecule has 0 unspecified atom stereocenters. The minimum absolute atomic E-state index is 0.0127. The van der Waals surface area contributed by atoms with E-state index in [-0.39, 0.29) is 17.9 Å². The molecule has 3 aromatic carbocycles. The molecule has 0 atom stereocenters. The van der Waals surface area contributed by atoms with Gasteiger partial charge in [0.25, 0.3) is 11.8 Å². The number of carbonyl (C=O) groups excluding carboxylic acids is 2. The van der Waals surface area contributed by atoms with Gasteiger partial charge in [-0.1, -0.05) is 59.8 Å². The summed E-state index contributed by atoms with van der Waals surface area (Å²) in [6.45, 7) is 8.54. The Labute approximate surface area is 199 Å². The summed E-state index contributed by atoms with van der Waals surface area (Å²) >= 11 is 1.49. The third-order valence-corrected chi connectivity index (χ3v) is 6.63. The Kier molecular flexibility index (Phi) is 6.70. The Morgan fingerprint density at radius 1 is 1.03 bits per heavy atom. The molecule has 5 heteroatoms. The van der Waals surface area contributed by atoms with E-state index in [4.69, 9.17) is 0 Å². The average Bonchev–Trinajstić information content (AvgIpc) is 2.79. The van der Waals surface area contributed by atoms with Gasteiger partial charge in [0.05, 0.1) is 17.1 Å². The Balaban J connectivity index is 1.65. The predicted octanol–water partition coefficient (Wildman–Crippen LogP) is 6.12. The minimum Gasteiger partial charge on any atom is -0.350 e. The number of fused-ring (bicyclic) bond motifs is 1. The molecule has 3 aromatic rings. The summed E-state index contributed by atoms with van der Waals surface area (Å²) in [5, 5.41) is 2.90. The number of para-hydroxylation sites is 1. The van der Waals surface area contributed by atoms with Gasteiger partial charge in [0.15, 0.2) is 0 Å². The summed E-state index contributed by atoms with van der Waals surface area (Å²) < 4.78 is 0. The molecule has 0 saturated heterocycles. The molecule has 0 aliphatic carbocycles. The smallest absolute Gasteiger partial charge is 0.265 e. The van der Waals surface area contributed by atoms with Crippen molar-refractivity contribution < 1.29 is 9.59 Å². The molecule has 1 aliphatic rings. The number of aryl methyl sites for hydroxylation is 2. The zero-order valence-corrected chi connectivity index (χ0v) is 20.2. The van der Waals surface area contributed by atoms with E-state index in [2.05, 4.69) is 43.4 Å². The van der Waals surface area contributed by atoms with Crippen LogP contribution in [0.2, 0.25) is 0 Å².